The number of nitroso groups, excluding NO2 is 1. The molecule has 5 heteroatoms. The number of hydrogen-bond donors (Lipinski definition) is 1. The maximum Gasteiger partial charge on any atom is 0.249 e. The number of nitrogens with zero attached hydrogens (tertiary/aromatic N) is 1. The minimum absolute atomic E-state index is 0.348. The lowest BCUT2D eigenvalue weighted by Gasteiger charge is -2.08. The lowest BCUT2D eigenvalue weighted by Crippen LogP contribution is -2.15. The average molecular weight is 271 g/mol. The molecule has 1 aromatic carbocycles. The van der Waals surface area contributed by atoms with Gasteiger partial charge >= 0.3 is 0 Å². The van der Waals surface area contributed by atoms with Crippen LogP contribution in [0, 0.1) is 4.91 Å². The molecule has 0 fully saturated rings. The molecule has 0 atom stereocenters. The van der Waals surface area contributed by atoms with E-state index in [-0.39, 0.29) is 12.5 Å². The van der Waals surface area contributed by atoms with Gasteiger partial charge in [-0.05, 0) is 30.2 Å². The number of rotatable bonds is 4. The van der Waals surface area contributed by atoms with Crippen LogP contribution >= 0.6 is 15.9 Å². The van der Waals surface area contributed by atoms with Gasteiger partial charge in [-0.25, -0.2) is 0 Å². The lowest BCUT2D eigenvalue weighted by molar-refractivity contribution is -0.114. The Morgan fingerprint density at radius 3 is 2.87 bits per heavy atom. The van der Waals surface area contributed by atoms with E-state index in [0.29, 0.717) is 0 Å². The fraction of sp³-hybridized carbons (Fsp3) is 0.300. The van der Waals surface area contributed by atoms with Crippen molar-refractivity contribution < 1.29 is 4.79 Å². The van der Waals surface area contributed by atoms with E-state index >= 15 is 0 Å². The molecular weight excluding hydrogens is 260 g/mol. The summed E-state index contributed by atoms with van der Waals surface area (Å²) >= 11 is 3.35. The number of nitrogens with one attached hydrogen (secondary N) is 1. The molecule has 0 saturated carbocycles. The predicted octanol–water partition coefficient (Wildman–Crippen LogP) is 2.72. The smallest absolute Gasteiger partial charge is 0.249 e. The van der Waals surface area contributed by atoms with Crippen LogP contribution in [0.15, 0.2) is 27.8 Å². The van der Waals surface area contributed by atoms with Crippen molar-refractivity contribution in [2.45, 2.75) is 13.3 Å². The van der Waals surface area contributed by atoms with Crippen molar-refractivity contribution in [1.29, 1.82) is 0 Å². The number of anilines is 1. The fourth-order valence-electron chi connectivity index (χ4n) is 1.23. The summed E-state index contributed by atoms with van der Waals surface area (Å²) in [5.41, 5.74) is 1.75. The number of amides is 1. The molecule has 1 N–H and O–H groups in total. The molecule has 0 saturated heterocycles. The largest absolute Gasteiger partial charge is 0.324 e. The van der Waals surface area contributed by atoms with Gasteiger partial charge in [-0.1, -0.05) is 28.0 Å². The molecule has 1 amide bonds. The molecule has 0 spiro atoms. The van der Waals surface area contributed by atoms with E-state index < -0.39 is 0 Å². The summed E-state index contributed by atoms with van der Waals surface area (Å²) < 4.78 is 0.964. The third-order valence-electron chi connectivity index (χ3n) is 1.93. The van der Waals surface area contributed by atoms with Crippen LogP contribution in [0.1, 0.15) is 12.5 Å². The van der Waals surface area contributed by atoms with Crippen molar-refractivity contribution in [2.75, 3.05) is 11.9 Å². The van der Waals surface area contributed by atoms with E-state index in [2.05, 4.69) is 26.4 Å². The van der Waals surface area contributed by atoms with Crippen LogP contribution in [-0.2, 0) is 11.2 Å². The Kier molecular flexibility index (Phi) is 4.42. The number of aryl methyl sites for hydroxylation is 1. The van der Waals surface area contributed by atoms with Gasteiger partial charge in [-0.3, -0.25) is 4.79 Å². The van der Waals surface area contributed by atoms with Gasteiger partial charge in [-0.15, -0.1) is 0 Å². The summed E-state index contributed by atoms with van der Waals surface area (Å²) in [6.07, 6.45) is 0.809. The molecule has 0 aliphatic carbocycles. The Balaban J connectivity index is 2.84. The Morgan fingerprint density at radius 1 is 1.53 bits per heavy atom. The third kappa shape index (κ3) is 3.43. The number of carbonyl (C=O) groups is 1. The van der Waals surface area contributed by atoms with Gasteiger partial charge in [0.1, 0.15) is 0 Å². The number of carbonyl (C=O) groups excluding carboxylic acids is 1. The van der Waals surface area contributed by atoms with Crippen LogP contribution in [0.4, 0.5) is 5.69 Å². The highest BCUT2D eigenvalue weighted by atomic mass is 79.9. The quantitative estimate of drug-likeness (QED) is 0.856. The molecular formula is C10H11BrN2O2. The second-order valence-electron chi connectivity index (χ2n) is 2.99. The van der Waals surface area contributed by atoms with Crippen LogP contribution in [0.3, 0.4) is 0 Å². The zero-order valence-electron chi connectivity index (χ0n) is 8.29. The van der Waals surface area contributed by atoms with Crippen LogP contribution in [-0.4, -0.2) is 12.5 Å². The first-order valence-electron chi connectivity index (χ1n) is 4.54. The van der Waals surface area contributed by atoms with Gasteiger partial charge in [0.25, 0.3) is 0 Å². The first-order chi connectivity index (χ1) is 7.17. The topological polar surface area (TPSA) is 58.5 Å². The summed E-state index contributed by atoms with van der Waals surface area (Å²) in [5.74, 6) is -0.387. The maximum absolute atomic E-state index is 11.1. The normalized spacial score (nSPS) is 9.73. The van der Waals surface area contributed by atoms with Gasteiger partial charge in [-0.2, -0.15) is 4.91 Å². The zero-order valence-corrected chi connectivity index (χ0v) is 9.87. The monoisotopic (exact) mass is 270 g/mol. The van der Waals surface area contributed by atoms with Gasteiger partial charge in [0, 0.05) is 10.2 Å². The van der Waals surface area contributed by atoms with E-state index in [1.54, 1.807) is 6.07 Å². The van der Waals surface area contributed by atoms with E-state index in [4.69, 9.17) is 0 Å². The van der Waals surface area contributed by atoms with Crippen molar-refractivity contribution >= 4 is 27.5 Å². The summed E-state index contributed by atoms with van der Waals surface area (Å²) in [4.78, 5) is 21.0. The molecule has 80 valence electrons. The molecule has 0 aromatic heterocycles. The first-order valence-corrected chi connectivity index (χ1v) is 5.34. The molecule has 0 unspecified atom stereocenters. The van der Waals surface area contributed by atoms with Crippen molar-refractivity contribution in [1.82, 2.24) is 0 Å². The van der Waals surface area contributed by atoms with Gasteiger partial charge in [0.05, 0.1) is 0 Å². The SMILES string of the molecule is CCc1cc(Br)ccc1NC(=O)CN=O. The highest BCUT2D eigenvalue weighted by Gasteiger charge is 2.06. The number of halogens is 1. The molecule has 0 aliphatic rings. The van der Waals surface area contributed by atoms with Crippen LogP contribution in [0.25, 0.3) is 0 Å². The zero-order chi connectivity index (χ0) is 11.3. The molecule has 0 bridgehead atoms. The maximum atomic E-state index is 11.1. The van der Waals surface area contributed by atoms with E-state index in [0.717, 1.165) is 22.1 Å². The summed E-state index contributed by atoms with van der Waals surface area (Å²) in [6, 6.07) is 5.57. The van der Waals surface area contributed by atoms with Gasteiger partial charge in [0.2, 0.25) is 5.91 Å². The van der Waals surface area contributed by atoms with Crippen LogP contribution in [0.5, 0.6) is 0 Å². The second kappa shape index (κ2) is 5.60. The standard InChI is InChI=1S/C10H11BrN2O2/c1-2-7-5-8(11)3-4-9(7)13-10(14)6-12-15/h3-5H,2,6H2,1H3,(H,13,14). The Hall–Kier alpha value is -1.23. The van der Waals surface area contributed by atoms with E-state index in [9.17, 15) is 9.70 Å². The average Bonchev–Trinajstić information content (AvgIpc) is 2.21. The molecule has 1 rings (SSSR count). The molecule has 4 nitrogen and oxygen atoms in total. The minimum Gasteiger partial charge on any atom is -0.324 e. The lowest BCUT2D eigenvalue weighted by atomic mass is 10.1. The summed E-state index contributed by atoms with van der Waals surface area (Å²) in [6.45, 7) is 1.65. The number of hydrogen-bond acceptors (Lipinski definition) is 3. The number of benzene rings is 1. The highest BCUT2D eigenvalue weighted by Crippen LogP contribution is 2.21. The summed E-state index contributed by atoms with van der Waals surface area (Å²) in [7, 11) is 0. The molecule has 1 aromatic rings. The summed E-state index contributed by atoms with van der Waals surface area (Å²) in [5, 5.41) is 5.17. The van der Waals surface area contributed by atoms with Crippen LogP contribution < -0.4 is 5.32 Å². The van der Waals surface area contributed by atoms with Crippen molar-refractivity contribution in [3.63, 3.8) is 0 Å². The Bertz CT molecular complexity index is 380. The fourth-order valence-corrected chi connectivity index (χ4v) is 1.63. The minimum atomic E-state index is -0.387. The Labute approximate surface area is 96.2 Å². The van der Waals surface area contributed by atoms with Crippen molar-refractivity contribution in [3.8, 4) is 0 Å². The highest BCUT2D eigenvalue weighted by molar-refractivity contribution is 9.10. The first kappa shape index (κ1) is 11.8. The molecule has 0 aliphatic heterocycles. The predicted molar refractivity (Wildman–Crippen MR) is 62.8 cm³/mol. The van der Waals surface area contributed by atoms with Gasteiger partial charge < -0.3 is 5.32 Å². The second-order valence-corrected chi connectivity index (χ2v) is 3.91. The van der Waals surface area contributed by atoms with Crippen molar-refractivity contribution in [3.05, 3.63) is 33.1 Å². The third-order valence-corrected chi connectivity index (χ3v) is 2.42. The van der Waals surface area contributed by atoms with E-state index in [1.807, 2.05) is 19.1 Å². The van der Waals surface area contributed by atoms with Gasteiger partial charge in [0.15, 0.2) is 6.54 Å². The molecule has 0 heterocycles. The van der Waals surface area contributed by atoms with Crippen LogP contribution in [0.2, 0.25) is 0 Å². The molecule has 15 heavy (non-hydrogen) atoms. The Morgan fingerprint density at radius 2 is 2.27 bits per heavy atom. The molecule has 0 radical (unpaired) electrons. The van der Waals surface area contributed by atoms with E-state index in [1.165, 1.54) is 0 Å². The van der Waals surface area contributed by atoms with Crippen molar-refractivity contribution in [2.24, 2.45) is 5.18 Å².